The number of aromatic nitrogens is 2. The van der Waals surface area contributed by atoms with Crippen LogP contribution in [0.1, 0.15) is 35.6 Å². The summed E-state index contributed by atoms with van der Waals surface area (Å²) in [6, 6.07) is 7.00. The molecule has 7 nitrogen and oxygen atoms in total. The summed E-state index contributed by atoms with van der Waals surface area (Å²) in [6.07, 6.45) is 3.59. The van der Waals surface area contributed by atoms with Crippen molar-refractivity contribution in [3.05, 3.63) is 41.2 Å². The van der Waals surface area contributed by atoms with Crippen molar-refractivity contribution in [3.8, 4) is 6.07 Å². The highest BCUT2D eigenvalue weighted by Crippen LogP contribution is 2.40. The van der Waals surface area contributed by atoms with E-state index in [-0.39, 0.29) is 5.09 Å². The number of benzene rings is 1. The Morgan fingerprint density at radius 1 is 1.42 bits per heavy atom. The summed E-state index contributed by atoms with van der Waals surface area (Å²) in [7, 11) is -3.88. The summed E-state index contributed by atoms with van der Waals surface area (Å²) in [5.41, 5.74) is 2.97. The normalized spacial score (nSPS) is 14.7. The molecule has 8 heteroatoms. The number of sulfonamides is 1. The van der Waals surface area contributed by atoms with Crippen LogP contribution < -0.4 is 4.72 Å². The first-order valence-corrected chi connectivity index (χ1v) is 8.98. The van der Waals surface area contributed by atoms with Gasteiger partial charge in [0.05, 0.1) is 22.5 Å². The number of anilines is 1. The smallest absolute Gasteiger partial charge is 0.298 e. The summed E-state index contributed by atoms with van der Waals surface area (Å²) in [5.74, 6) is 0.311. The number of nitriles is 1. The number of aryl methyl sites for hydroxylation is 1. The van der Waals surface area contributed by atoms with Crippen molar-refractivity contribution in [2.75, 3.05) is 4.72 Å². The van der Waals surface area contributed by atoms with Crippen molar-refractivity contribution in [2.45, 2.75) is 30.8 Å². The van der Waals surface area contributed by atoms with Gasteiger partial charge < -0.3 is 9.51 Å². The van der Waals surface area contributed by atoms with Crippen LogP contribution in [0.3, 0.4) is 0 Å². The van der Waals surface area contributed by atoms with Gasteiger partial charge in [-0.25, -0.2) is 0 Å². The Kier molecular flexibility index (Phi) is 3.15. The van der Waals surface area contributed by atoms with Gasteiger partial charge in [0, 0.05) is 23.6 Å². The van der Waals surface area contributed by atoms with Crippen LogP contribution in [0.2, 0.25) is 0 Å². The lowest BCUT2D eigenvalue weighted by Gasteiger charge is -2.08. The van der Waals surface area contributed by atoms with E-state index in [0.29, 0.717) is 33.8 Å². The van der Waals surface area contributed by atoms with E-state index >= 15 is 0 Å². The van der Waals surface area contributed by atoms with E-state index in [2.05, 4.69) is 20.9 Å². The molecule has 0 saturated heterocycles. The number of hydrogen-bond donors (Lipinski definition) is 2. The maximum Gasteiger partial charge on any atom is 0.298 e. The van der Waals surface area contributed by atoms with Gasteiger partial charge in [0.25, 0.3) is 15.1 Å². The molecule has 1 aliphatic rings. The lowest BCUT2D eigenvalue weighted by atomic mass is 10.1. The van der Waals surface area contributed by atoms with Gasteiger partial charge in [0.1, 0.15) is 6.07 Å². The third kappa shape index (κ3) is 2.34. The van der Waals surface area contributed by atoms with Gasteiger partial charge in [0.2, 0.25) is 0 Å². The van der Waals surface area contributed by atoms with Crippen LogP contribution in [-0.2, 0) is 10.0 Å². The van der Waals surface area contributed by atoms with Crippen LogP contribution in [0.4, 0.5) is 5.69 Å². The molecule has 1 fully saturated rings. The lowest BCUT2D eigenvalue weighted by Crippen LogP contribution is -2.12. The van der Waals surface area contributed by atoms with E-state index in [9.17, 15) is 13.7 Å². The Balaban J connectivity index is 1.74. The van der Waals surface area contributed by atoms with Gasteiger partial charge in [-0.1, -0.05) is 11.2 Å². The highest BCUT2D eigenvalue weighted by molar-refractivity contribution is 7.92. The molecule has 0 amide bonds. The standard InChI is InChI=1S/C16H14N4O3S/c1-9-2-5-12(16-15(9)11(7-17)8-18-16)20-24(21,22)14-6-13(19-23-14)10-3-4-10/h2,5-6,8,10,18,20H,3-4H2,1H3. The summed E-state index contributed by atoms with van der Waals surface area (Å²) in [4.78, 5) is 2.96. The van der Waals surface area contributed by atoms with Crippen LogP contribution >= 0.6 is 0 Å². The molecular weight excluding hydrogens is 328 g/mol. The molecule has 24 heavy (non-hydrogen) atoms. The van der Waals surface area contributed by atoms with E-state index in [1.54, 1.807) is 18.3 Å². The van der Waals surface area contributed by atoms with Crippen molar-refractivity contribution in [1.82, 2.24) is 10.1 Å². The van der Waals surface area contributed by atoms with Crippen LogP contribution in [0.5, 0.6) is 0 Å². The van der Waals surface area contributed by atoms with E-state index in [0.717, 1.165) is 18.4 Å². The van der Waals surface area contributed by atoms with Crippen LogP contribution in [-0.4, -0.2) is 18.6 Å². The number of nitrogens with one attached hydrogen (secondary N) is 2. The topological polar surface area (TPSA) is 112 Å². The first-order chi connectivity index (χ1) is 11.5. The average molecular weight is 342 g/mol. The van der Waals surface area contributed by atoms with Gasteiger partial charge in [-0.2, -0.15) is 13.7 Å². The quantitative estimate of drug-likeness (QED) is 0.757. The largest absolute Gasteiger partial charge is 0.358 e. The van der Waals surface area contributed by atoms with Gasteiger partial charge in [-0.15, -0.1) is 0 Å². The van der Waals surface area contributed by atoms with Crippen molar-refractivity contribution in [2.24, 2.45) is 0 Å². The maximum absolute atomic E-state index is 12.5. The Morgan fingerprint density at radius 2 is 2.21 bits per heavy atom. The van der Waals surface area contributed by atoms with Crippen LogP contribution in [0.25, 0.3) is 10.9 Å². The first-order valence-electron chi connectivity index (χ1n) is 7.50. The first kappa shape index (κ1) is 14.8. The fourth-order valence-corrected chi connectivity index (χ4v) is 3.73. The van der Waals surface area contributed by atoms with Gasteiger partial charge in [0.15, 0.2) is 0 Å². The second-order valence-corrected chi connectivity index (χ2v) is 7.56. The maximum atomic E-state index is 12.5. The van der Waals surface area contributed by atoms with Crippen LogP contribution in [0, 0.1) is 18.3 Å². The SMILES string of the molecule is Cc1ccc(NS(=O)(=O)c2cc(C3CC3)no2)c2[nH]cc(C#N)c12. The number of hydrogen-bond acceptors (Lipinski definition) is 5. The van der Waals surface area contributed by atoms with Crippen LogP contribution in [0.15, 0.2) is 34.0 Å². The second kappa shape index (κ2) is 5.11. The van der Waals surface area contributed by atoms with E-state index < -0.39 is 10.0 Å². The highest BCUT2D eigenvalue weighted by Gasteiger charge is 2.30. The molecule has 1 aliphatic carbocycles. The zero-order valence-electron chi connectivity index (χ0n) is 12.8. The third-order valence-electron chi connectivity index (χ3n) is 4.18. The summed E-state index contributed by atoms with van der Waals surface area (Å²) in [5, 5.41) is 13.5. The molecule has 0 bridgehead atoms. The Bertz CT molecular complexity index is 1080. The Hall–Kier alpha value is -2.79. The summed E-state index contributed by atoms with van der Waals surface area (Å²) in [6.45, 7) is 1.87. The minimum absolute atomic E-state index is 0.204. The molecule has 0 unspecified atom stereocenters. The molecule has 1 aromatic carbocycles. The summed E-state index contributed by atoms with van der Waals surface area (Å²) < 4.78 is 32.6. The van der Waals surface area contributed by atoms with Crippen molar-refractivity contribution in [1.29, 1.82) is 5.26 Å². The monoisotopic (exact) mass is 342 g/mol. The average Bonchev–Trinajstić information content (AvgIpc) is 3.12. The van der Waals surface area contributed by atoms with Gasteiger partial charge in [-0.3, -0.25) is 4.72 Å². The third-order valence-corrected chi connectivity index (χ3v) is 5.39. The predicted octanol–water partition coefficient (Wildman–Crippen LogP) is 3.01. The molecule has 4 rings (SSSR count). The van der Waals surface area contributed by atoms with Crippen molar-refractivity contribution in [3.63, 3.8) is 0 Å². The molecule has 2 heterocycles. The van der Waals surface area contributed by atoms with E-state index in [1.165, 1.54) is 6.07 Å². The number of aromatic amines is 1. The fourth-order valence-electron chi connectivity index (χ4n) is 2.76. The second-order valence-electron chi connectivity index (χ2n) is 5.94. The van der Waals surface area contributed by atoms with E-state index in [1.807, 2.05) is 6.92 Å². The van der Waals surface area contributed by atoms with E-state index in [4.69, 9.17) is 4.52 Å². The van der Waals surface area contributed by atoms with Gasteiger partial charge >= 0.3 is 0 Å². The van der Waals surface area contributed by atoms with Gasteiger partial charge in [-0.05, 0) is 31.4 Å². The number of nitrogens with zero attached hydrogens (tertiary/aromatic N) is 2. The Labute approximate surface area is 138 Å². The zero-order valence-corrected chi connectivity index (χ0v) is 13.6. The minimum Gasteiger partial charge on any atom is -0.358 e. The molecule has 0 atom stereocenters. The summed E-state index contributed by atoms with van der Waals surface area (Å²) >= 11 is 0. The zero-order chi connectivity index (χ0) is 16.9. The lowest BCUT2D eigenvalue weighted by molar-refractivity contribution is 0.335. The van der Waals surface area contributed by atoms with Crippen molar-refractivity contribution < 1.29 is 12.9 Å². The highest BCUT2D eigenvalue weighted by atomic mass is 32.2. The molecule has 1 saturated carbocycles. The molecule has 0 radical (unpaired) electrons. The number of rotatable bonds is 4. The van der Waals surface area contributed by atoms with Crippen molar-refractivity contribution >= 4 is 26.6 Å². The number of fused-ring (bicyclic) bond motifs is 1. The molecule has 2 aromatic heterocycles. The molecule has 2 N–H and O–H groups in total. The molecule has 0 spiro atoms. The minimum atomic E-state index is -3.88. The molecule has 0 aliphatic heterocycles. The fraction of sp³-hybridized carbons (Fsp3) is 0.250. The molecular formula is C16H14N4O3S. The Morgan fingerprint density at radius 3 is 2.92 bits per heavy atom. The molecule has 3 aromatic rings. The number of H-pyrrole nitrogens is 1. The molecule has 122 valence electrons. The predicted molar refractivity (Wildman–Crippen MR) is 87.0 cm³/mol.